The Morgan fingerprint density at radius 2 is 1.93 bits per heavy atom. The van der Waals surface area contributed by atoms with Crippen LogP contribution in [0.2, 0.25) is 0 Å². The Labute approximate surface area is 166 Å². The summed E-state index contributed by atoms with van der Waals surface area (Å²) in [5.74, 6) is 2.43. The Balaban J connectivity index is 1.48. The van der Waals surface area contributed by atoms with Crippen LogP contribution >= 0.6 is 0 Å². The van der Waals surface area contributed by atoms with Crippen LogP contribution in [0.25, 0.3) is 11.4 Å². The first kappa shape index (κ1) is 15.9. The highest BCUT2D eigenvalue weighted by Gasteiger charge is 2.39. The summed E-state index contributed by atoms with van der Waals surface area (Å²) in [6.07, 6.45) is 7.00. The molecule has 0 amide bonds. The molecule has 4 aromatic rings. The topological polar surface area (TPSA) is 76.6 Å². The first-order valence-corrected chi connectivity index (χ1v) is 9.13. The second-order valence-electron chi connectivity index (χ2n) is 6.71. The zero-order valence-corrected chi connectivity index (χ0v) is 15.5. The maximum atomic E-state index is 5.36. The molecule has 6 rings (SSSR count). The molecule has 0 saturated carbocycles. The van der Waals surface area contributed by atoms with Gasteiger partial charge in [0.25, 0.3) is 0 Å². The lowest BCUT2D eigenvalue weighted by molar-refractivity contribution is 0.414. The van der Waals surface area contributed by atoms with E-state index in [9.17, 15) is 0 Å². The Morgan fingerprint density at radius 1 is 1.00 bits per heavy atom. The normalized spacial score (nSPS) is 16.5. The largest absolute Gasteiger partial charge is 0.497 e. The third kappa shape index (κ3) is 2.21. The fourth-order valence-corrected chi connectivity index (χ4v) is 3.86. The van der Waals surface area contributed by atoms with E-state index in [0.717, 1.165) is 34.3 Å². The maximum absolute atomic E-state index is 5.36. The van der Waals surface area contributed by atoms with Crippen LogP contribution in [0.3, 0.4) is 0 Å². The number of benzene rings is 2. The lowest BCUT2D eigenvalue weighted by Gasteiger charge is -2.37. The van der Waals surface area contributed by atoms with Gasteiger partial charge in [-0.15, -0.1) is 5.10 Å². The Kier molecular flexibility index (Phi) is 3.25. The number of para-hydroxylation sites is 1. The summed E-state index contributed by atoms with van der Waals surface area (Å²) in [7, 11) is 1.64. The number of methoxy groups -OCH3 is 1. The van der Waals surface area contributed by atoms with E-state index in [1.165, 1.54) is 0 Å². The van der Waals surface area contributed by atoms with Crippen LogP contribution in [0, 0.1) is 0 Å². The third-order valence-electron chi connectivity index (χ3n) is 5.17. The molecule has 2 aliphatic heterocycles. The predicted molar refractivity (Wildman–Crippen MR) is 108 cm³/mol. The van der Waals surface area contributed by atoms with Crippen molar-refractivity contribution < 1.29 is 4.74 Å². The Bertz CT molecular complexity index is 1240. The number of aliphatic imine (C=N–C) groups is 1. The summed E-state index contributed by atoms with van der Waals surface area (Å²) < 4.78 is 9.18. The van der Waals surface area contributed by atoms with Gasteiger partial charge in [0.05, 0.1) is 30.9 Å². The van der Waals surface area contributed by atoms with Gasteiger partial charge in [-0.05, 0) is 18.2 Å². The molecule has 1 unspecified atom stereocenters. The molecule has 0 fully saturated rings. The van der Waals surface area contributed by atoms with E-state index in [1.807, 2.05) is 53.9 Å². The summed E-state index contributed by atoms with van der Waals surface area (Å²) in [6.45, 7) is 0. The molecule has 0 bridgehead atoms. The summed E-state index contributed by atoms with van der Waals surface area (Å²) in [6, 6.07) is 15.9. The van der Waals surface area contributed by atoms with Gasteiger partial charge in [0.1, 0.15) is 18.4 Å². The molecule has 2 aromatic carbocycles. The van der Waals surface area contributed by atoms with Crippen molar-refractivity contribution >= 4 is 18.0 Å². The number of nitrogens with zero attached hydrogens (tertiary/aromatic N) is 8. The molecule has 0 aliphatic carbocycles. The second kappa shape index (κ2) is 5.93. The van der Waals surface area contributed by atoms with Gasteiger partial charge >= 0.3 is 0 Å². The molecular formula is C20H16N8O. The molecular weight excluding hydrogens is 368 g/mol. The van der Waals surface area contributed by atoms with Crippen molar-refractivity contribution in [1.82, 2.24) is 24.5 Å². The standard InChI is InChI=1S/C20H16N8O/c1-29-15-6-4-5-14(9-15)27-19(11-23-24-27)26-13-22-20-16-7-2-3-8-17(16)25-12-21-10-18(25)28(20)26/h2-13,20H,1H3. The molecule has 9 nitrogen and oxygen atoms in total. The molecule has 0 saturated heterocycles. The SMILES string of the molecule is COc1cccc(-n2nncc2N2C=NC3c4ccccc4-n4cncc4N32)c1. The minimum Gasteiger partial charge on any atom is -0.497 e. The van der Waals surface area contributed by atoms with E-state index in [1.54, 1.807) is 24.3 Å². The number of rotatable bonds is 3. The number of fused-ring (bicyclic) bond motifs is 6. The zero-order chi connectivity index (χ0) is 19.4. The molecule has 29 heavy (non-hydrogen) atoms. The lowest BCUT2D eigenvalue weighted by Crippen LogP contribution is -2.43. The monoisotopic (exact) mass is 384 g/mol. The minimum atomic E-state index is -0.177. The average Bonchev–Trinajstić information content (AvgIpc) is 3.52. The van der Waals surface area contributed by atoms with Crippen LogP contribution in [-0.2, 0) is 0 Å². The van der Waals surface area contributed by atoms with Crippen LogP contribution in [0.5, 0.6) is 5.75 Å². The first-order valence-electron chi connectivity index (χ1n) is 9.13. The number of aromatic nitrogens is 5. The van der Waals surface area contributed by atoms with Gasteiger partial charge in [-0.3, -0.25) is 4.57 Å². The van der Waals surface area contributed by atoms with Crippen LogP contribution in [0.1, 0.15) is 11.7 Å². The number of hydrazine groups is 1. The minimum absolute atomic E-state index is 0.177. The van der Waals surface area contributed by atoms with Crippen LogP contribution in [-0.4, -0.2) is 38.0 Å². The van der Waals surface area contributed by atoms with Gasteiger partial charge in [0.2, 0.25) is 0 Å². The zero-order valence-electron chi connectivity index (χ0n) is 15.5. The number of hydrogen-bond acceptors (Lipinski definition) is 7. The summed E-state index contributed by atoms with van der Waals surface area (Å²) in [5, 5.41) is 12.5. The highest BCUT2D eigenvalue weighted by Crippen LogP contribution is 2.42. The first-order chi connectivity index (χ1) is 14.3. The molecule has 0 spiro atoms. The van der Waals surface area contributed by atoms with Crippen molar-refractivity contribution in [2.24, 2.45) is 4.99 Å². The van der Waals surface area contributed by atoms with Crippen molar-refractivity contribution in [3.05, 3.63) is 72.8 Å². The Morgan fingerprint density at radius 3 is 2.86 bits per heavy atom. The Hall–Kier alpha value is -4.14. The number of anilines is 2. The number of imidazole rings is 1. The highest BCUT2D eigenvalue weighted by molar-refractivity contribution is 5.86. The average molecular weight is 384 g/mol. The quantitative estimate of drug-likeness (QED) is 0.541. The summed E-state index contributed by atoms with van der Waals surface area (Å²) in [5.41, 5.74) is 3.04. The second-order valence-corrected chi connectivity index (χ2v) is 6.71. The predicted octanol–water partition coefficient (Wildman–Crippen LogP) is 2.74. The van der Waals surface area contributed by atoms with Gasteiger partial charge in [0, 0.05) is 11.6 Å². The van der Waals surface area contributed by atoms with Gasteiger partial charge in [-0.1, -0.05) is 29.5 Å². The molecule has 142 valence electrons. The number of ether oxygens (including phenoxy) is 1. The van der Waals surface area contributed by atoms with Crippen molar-refractivity contribution in [1.29, 1.82) is 0 Å². The van der Waals surface area contributed by atoms with Gasteiger partial charge in [0.15, 0.2) is 17.8 Å². The maximum Gasteiger partial charge on any atom is 0.177 e. The molecule has 9 heteroatoms. The summed E-state index contributed by atoms with van der Waals surface area (Å²) in [4.78, 5) is 9.14. The lowest BCUT2D eigenvalue weighted by atomic mass is 10.1. The van der Waals surface area contributed by atoms with Crippen LogP contribution < -0.4 is 14.8 Å². The van der Waals surface area contributed by atoms with Crippen molar-refractivity contribution in [2.45, 2.75) is 6.17 Å². The summed E-state index contributed by atoms with van der Waals surface area (Å²) >= 11 is 0. The highest BCUT2D eigenvalue weighted by atomic mass is 16.5. The molecule has 4 heterocycles. The molecule has 0 N–H and O–H groups in total. The van der Waals surface area contributed by atoms with Crippen molar-refractivity contribution in [2.75, 3.05) is 17.1 Å². The fraction of sp³-hybridized carbons (Fsp3) is 0.100. The van der Waals surface area contributed by atoms with E-state index in [4.69, 9.17) is 9.73 Å². The number of hydrogen-bond donors (Lipinski definition) is 0. The smallest absolute Gasteiger partial charge is 0.177 e. The van der Waals surface area contributed by atoms with Gasteiger partial charge in [-0.2, -0.15) is 4.68 Å². The van der Waals surface area contributed by atoms with E-state index >= 15 is 0 Å². The molecule has 1 atom stereocenters. The molecule has 2 aliphatic rings. The molecule has 2 aromatic heterocycles. The van der Waals surface area contributed by atoms with Crippen molar-refractivity contribution in [3.8, 4) is 17.1 Å². The van der Waals surface area contributed by atoms with Gasteiger partial charge in [-0.25, -0.2) is 20.0 Å². The third-order valence-corrected chi connectivity index (χ3v) is 5.17. The van der Waals surface area contributed by atoms with Crippen LogP contribution in [0.4, 0.5) is 11.6 Å². The van der Waals surface area contributed by atoms with E-state index in [-0.39, 0.29) is 6.17 Å². The molecule has 0 radical (unpaired) electrons. The van der Waals surface area contributed by atoms with E-state index in [0.29, 0.717) is 0 Å². The van der Waals surface area contributed by atoms with E-state index < -0.39 is 0 Å². The van der Waals surface area contributed by atoms with E-state index in [2.05, 4.69) is 37.0 Å². The van der Waals surface area contributed by atoms with Crippen molar-refractivity contribution in [3.63, 3.8) is 0 Å². The van der Waals surface area contributed by atoms with Crippen LogP contribution in [0.15, 0.2) is 72.2 Å². The fourth-order valence-electron chi connectivity index (χ4n) is 3.86. The van der Waals surface area contributed by atoms with Gasteiger partial charge < -0.3 is 4.74 Å².